The van der Waals surface area contributed by atoms with Gasteiger partial charge in [0.25, 0.3) is 0 Å². The predicted octanol–water partition coefficient (Wildman–Crippen LogP) is 1.42. The summed E-state index contributed by atoms with van der Waals surface area (Å²) in [5.74, 6) is -0.420. The number of carbonyl (C=O) groups excluding carboxylic acids is 1. The van der Waals surface area contributed by atoms with Crippen molar-refractivity contribution in [3.63, 3.8) is 0 Å². The molecule has 0 heterocycles. The Balaban J connectivity index is 2.15. The lowest BCUT2D eigenvalue weighted by molar-refractivity contribution is -0.154. The number of hydrogen-bond donors (Lipinski definition) is 0. The minimum Gasteiger partial charge on any atom is -0.461 e. The average molecular weight is 169 g/mol. The fourth-order valence-corrected chi connectivity index (χ4v) is 1.46. The van der Waals surface area contributed by atoms with Crippen LogP contribution in [-0.4, -0.2) is 18.7 Å². The Morgan fingerprint density at radius 1 is 1.33 bits per heavy atom. The average Bonchev–Trinajstić information content (AvgIpc) is 2.06. The molecule has 0 aromatic rings. The van der Waals surface area contributed by atoms with Gasteiger partial charge in [-0.15, -0.1) is 0 Å². The highest BCUT2D eigenvalue weighted by Crippen LogP contribution is 2.20. The van der Waals surface area contributed by atoms with E-state index in [9.17, 15) is 4.79 Å². The monoisotopic (exact) mass is 169 g/mol. The Morgan fingerprint density at radius 2 is 2.00 bits per heavy atom. The first-order valence-electron chi connectivity index (χ1n) is 4.31. The van der Waals surface area contributed by atoms with E-state index >= 15 is 0 Å². The van der Waals surface area contributed by atoms with Gasteiger partial charge in [-0.3, -0.25) is 0 Å². The molecule has 67 valence electrons. The Kier molecular flexibility index (Phi) is 4.08. The molecule has 0 atom stereocenters. The maximum atomic E-state index is 10.8. The summed E-state index contributed by atoms with van der Waals surface area (Å²) in [6.45, 7) is -0.253. The third-order valence-corrected chi connectivity index (χ3v) is 2.04. The highest BCUT2D eigenvalue weighted by atomic mass is 16.6. The molecule has 3 radical (unpaired) electrons. The molecule has 1 fully saturated rings. The Bertz CT molecular complexity index is 139. The summed E-state index contributed by atoms with van der Waals surface area (Å²) in [6.07, 6.45) is 5.51. The van der Waals surface area contributed by atoms with Crippen molar-refractivity contribution in [2.24, 2.45) is 0 Å². The quantitative estimate of drug-likeness (QED) is 0.599. The van der Waals surface area contributed by atoms with Crippen LogP contribution in [0.5, 0.6) is 0 Å². The van der Waals surface area contributed by atoms with Crippen LogP contribution < -0.4 is 0 Å². The molecule has 0 saturated heterocycles. The molecular weight excluding hydrogens is 156 g/mol. The molecule has 0 aromatic heterocycles. The number of esters is 1. The van der Waals surface area contributed by atoms with E-state index in [4.69, 9.17) is 11.8 Å². The second-order valence-electron chi connectivity index (χ2n) is 3.04. The van der Waals surface area contributed by atoms with Gasteiger partial charge in [0.05, 0.1) is 0 Å². The van der Waals surface area contributed by atoms with Crippen LogP contribution in [0.2, 0.25) is 0 Å². The Labute approximate surface area is 73.0 Å². The predicted molar refractivity (Wildman–Crippen MR) is 42.2 cm³/mol. The van der Waals surface area contributed by atoms with Crippen LogP contribution in [0.1, 0.15) is 32.1 Å². The van der Waals surface area contributed by atoms with Crippen LogP contribution >= 0.6 is 0 Å². The number of ether oxygens (including phenoxy) is 2. The zero-order valence-corrected chi connectivity index (χ0v) is 7.04. The molecular formula is C9H13O3. The lowest BCUT2D eigenvalue weighted by Crippen LogP contribution is -2.22. The summed E-state index contributed by atoms with van der Waals surface area (Å²) in [7, 11) is 6.35. The van der Waals surface area contributed by atoms with Crippen molar-refractivity contribution in [1.82, 2.24) is 0 Å². The summed E-state index contributed by atoms with van der Waals surface area (Å²) in [5.41, 5.74) is 0. The number of hydrogen-bond acceptors (Lipinski definition) is 3. The third kappa shape index (κ3) is 3.22. The van der Waals surface area contributed by atoms with Gasteiger partial charge < -0.3 is 9.47 Å². The van der Waals surface area contributed by atoms with Crippen molar-refractivity contribution >= 4 is 5.97 Å². The van der Waals surface area contributed by atoms with Gasteiger partial charge >= 0.3 is 5.97 Å². The maximum Gasteiger partial charge on any atom is 0.332 e. The smallest absolute Gasteiger partial charge is 0.332 e. The third-order valence-electron chi connectivity index (χ3n) is 2.04. The second kappa shape index (κ2) is 5.14. The first-order chi connectivity index (χ1) is 5.83. The largest absolute Gasteiger partial charge is 0.461 e. The first kappa shape index (κ1) is 9.52. The van der Waals surface area contributed by atoms with Crippen LogP contribution in [0.25, 0.3) is 0 Å². The Morgan fingerprint density at radius 3 is 2.58 bits per heavy atom. The summed E-state index contributed by atoms with van der Waals surface area (Å²) in [4.78, 5) is 10.8. The van der Waals surface area contributed by atoms with Gasteiger partial charge in [0.2, 0.25) is 0 Å². The minimum absolute atomic E-state index is 0.0707. The van der Waals surface area contributed by atoms with Crippen molar-refractivity contribution in [1.29, 1.82) is 0 Å². The molecule has 0 N–H and O–H groups in total. The Hall–Kier alpha value is -0.570. The fraction of sp³-hybridized carbons (Fsp3) is 0.778. The van der Waals surface area contributed by atoms with Crippen LogP contribution in [0.15, 0.2) is 0 Å². The molecule has 1 saturated carbocycles. The standard InChI is InChI=1S/C9H13O3/c1-11-7-9(10)12-8-5-3-2-4-6-8/h8H,2-7H2. The molecule has 1 aliphatic rings. The highest BCUT2D eigenvalue weighted by molar-refractivity contribution is 5.70. The van der Waals surface area contributed by atoms with E-state index in [0.717, 1.165) is 25.7 Å². The van der Waals surface area contributed by atoms with E-state index in [2.05, 4.69) is 4.74 Å². The van der Waals surface area contributed by atoms with E-state index in [1.54, 1.807) is 0 Å². The molecule has 1 rings (SSSR count). The molecule has 3 nitrogen and oxygen atoms in total. The van der Waals surface area contributed by atoms with Gasteiger partial charge in [-0.25, -0.2) is 4.79 Å². The molecule has 0 unspecified atom stereocenters. The lowest BCUT2D eigenvalue weighted by atomic mass is 9.98. The first-order valence-corrected chi connectivity index (χ1v) is 4.31. The minimum atomic E-state index is -0.420. The van der Waals surface area contributed by atoms with Gasteiger partial charge in [-0.2, -0.15) is 0 Å². The van der Waals surface area contributed by atoms with E-state index in [0.29, 0.717) is 0 Å². The van der Waals surface area contributed by atoms with Crippen LogP contribution in [0, 0.1) is 7.11 Å². The van der Waals surface area contributed by atoms with Gasteiger partial charge in [-0.1, -0.05) is 6.42 Å². The van der Waals surface area contributed by atoms with E-state index in [1.165, 1.54) is 6.42 Å². The molecule has 0 bridgehead atoms. The molecule has 1 aliphatic carbocycles. The van der Waals surface area contributed by atoms with Crippen LogP contribution in [-0.2, 0) is 14.3 Å². The topological polar surface area (TPSA) is 35.5 Å². The molecule has 0 spiro atoms. The van der Waals surface area contributed by atoms with Crippen molar-refractivity contribution in [3.05, 3.63) is 7.11 Å². The van der Waals surface area contributed by atoms with E-state index in [1.807, 2.05) is 0 Å². The molecule has 3 heteroatoms. The van der Waals surface area contributed by atoms with Crippen molar-refractivity contribution in [3.8, 4) is 0 Å². The molecule has 0 aliphatic heterocycles. The van der Waals surface area contributed by atoms with Crippen LogP contribution in [0.4, 0.5) is 0 Å². The maximum absolute atomic E-state index is 10.8. The van der Waals surface area contributed by atoms with Crippen molar-refractivity contribution < 1.29 is 14.3 Å². The summed E-state index contributed by atoms with van der Waals surface area (Å²) >= 11 is 0. The lowest BCUT2D eigenvalue weighted by Gasteiger charge is -2.21. The van der Waals surface area contributed by atoms with Crippen molar-refractivity contribution in [2.45, 2.75) is 38.2 Å². The zero-order valence-electron chi connectivity index (χ0n) is 7.04. The summed E-state index contributed by atoms with van der Waals surface area (Å²) in [5, 5.41) is 0. The number of rotatable bonds is 3. The molecule has 0 aromatic carbocycles. The van der Waals surface area contributed by atoms with E-state index in [-0.39, 0.29) is 12.7 Å². The molecule has 0 amide bonds. The number of carbonyl (C=O) groups is 1. The highest BCUT2D eigenvalue weighted by Gasteiger charge is 2.16. The van der Waals surface area contributed by atoms with E-state index < -0.39 is 5.97 Å². The summed E-state index contributed by atoms with van der Waals surface area (Å²) < 4.78 is 8.97. The van der Waals surface area contributed by atoms with Crippen LogP contribution in [0.3, 0.4) is 0 Å². The van der Waals surface area contributed by atoms with Gasteiger partial charge in [-0.05, 0) is 25.7 Å². The molecule has 12 heavy (non-hydrogen) atoms. The second-order valence-corrected chi connectivity index (χ2v) is 3.04. The normalized spacial score (nSPS) is 19.1. The van der Waals surface area contributed by atoms with Gasteiger partial charge in [0, 0.05) is 0 Å². The zero-order chi connectivity index (χ0) is 8.81. The SMILES string of the molecule is [C]OCC(=O)OC1CCCCC1. The van der Waals surface area contributed by atoms with Gasteiger partial charge in [0.1, 0.15) is 12.7 Å². The fourth-order valence-electron chi connectivity index (χ4n) is 1.46. The summed E-state index contributed by atoms with van der Waals surface area (Å²) in [6, 6.07) is 0. The van der Waals surface area contributed by atoms with Crippen molar-refractivity contribution in [2.75, 3.05) is 6.61 Å². The van der Waals surface area contributed by atoms with Gasteiger partial charge in [0.15, 0.2) is 7.11 Å².